The van der Waals surface area contributed by atoms with Crippen molar-refractivity contribution in [1.29, 1.82) is 0 Å². The topological polar surface area (TPSA) is 71.1 Å². The fraction of sp³-hybridized carbons (Fsp3) is 0.929. The number of oxime groups is 1. The molecule has 2 aliphatic rings. The van der Waals surface area contributed by atoms with E-state index in [9.17, 15) is 0 Å². The Labute approximate surface area is 115 Å². The molecule has 19 heavy (non-hydrogen) atoms. The van der Waals surface area contributed by atoms with E-state index in [1.807, 2.05) is 0 Å². The lowest BCUT2D eigenvalue weighted by atomic mass is 9.92. The Hall–Kier alpha value is -0.810. The summed E-state index contributed by atoms with van der Waals surface area (Å²) >= 11 is 0. The van der Waals surface area contributed by atoms with Crippen LogP contribution in [0, 0.1) is 0 Å². The lowest BCUT2D eigenvalue weighted by Crippen LogP contribution is -2.48. The van der Waals surface area contributed by atoms with Crippen molar-refractivity contribution in [3.8, 4) is 0 Å². The number of rotatable bonds is 5. The molecule has 0 spiro atoms. The zero-order chi connectivity index (χ0) is 14.3. The van der Waals surface area contributed by atoms with Gasteiger partial charge in [0.25, 0.3) is 0 Å². The second-order valence-electron chi connectivity index (χ2n) is 7.00. The Morgan fingerprint density at radius 3 is 2.42 bits per heavy atom. The molecule has 3 N–H and O–H groups in total. The third kappa shape index (κ3) is 3.39. The molecule has 0 aromatic carbocycles. The van der Waals surface area contributed by atoms with Gasteiger partial charge in [-0.25, -0.2) is 0 Å². The van der Waals surface area contributed by atoms with Crippen molar-refractivity contribution in [2.24, 2.45) is 10.9 Å². The highest BCUT2D eigenvalue weighted by molar-refractivity contribution is 5.79. The summed E-state index contributed by atoms with van der Waals surface area (Å²) in [6, 6.07) is 1.05. The van der Waals surface area contributed by atoms with Crippen LogP contribution in [0.5, 0.6) is 0 Å². The molecule has 1 saturated heterocycles. The maximum Gasteiger partial charge on any atom is 0.140 e. The normalized spacial score (nSPS) is 29.9. The van der Waals surface area contributed by atoms with Crippen LogP contribution in [0.4, 0.5) is 0 Å². The summed E-state index contributed by atoms with van der Waals surface area (Å²) in [5, 5.41) is 11.7. The maximum absolute atomic E-state index is 8.67. The molecule has 5 heteroatoms. The summed E-state index contributed by atoms with van der Waals surface area (Å²) in [6.45, 7) is 9.50. The SMILES string of the molecule is CC1(C)CC(N(CCC(N)=NO)C2CC2)C(C)(C)O1. The van der Waals surface area contributed by atoms with E-state index in [0.29, 0.717) is 24.3 Å². The highest BCUT2D eigenvalue weighted by atomic mass is 16.5. The number of ether oxygens (including phenoxy) is 1. The number of hydrogen-bond acceptors (Lipinski definition) is 4. The van der Waals surface area contributed by atoms with E-state index >= 15 is 0 Å². The van der Waals surface area contributed by atoms with Crippen LogP contribution in [0.15, 0.2) is 5.16 Å². The number of nitrogens with two attached hydrogens (primary N) is 1. The van der Waals surface area contributed by atoms with Crippen LogP contribution in [-0.4, -0.2) is 45.8 Å². The number of amidine groups is 1. The molecule has 0 amide bonds. The minimum absolute atomic E-state index is 0.0715. The quantitative estimate of drug-likeness (QED) is 0.346. The van der Waals surface area contributed by atoms with Crippen molar-refractivity contribution in [2.75, 3.05) is 6.54 Å². The summed E-state index contributed by atoms with van der Waals surface area (Å²) in [6.07, 6.45) is 4.15. The van der Waals surface area contributed by atoms with E-state index < -0.39 is 0 Å². The summed E-state index contributed by atoms with van der Waals surface area (Å²) < 4.78 is 6.19. The maximum atomic E-state index is 8.67. The lowest BCUT2D eigenvalue weighted by molar-refractivity contribution is -0.0811. The molecule has 0 aromatic heterocycles. The van der Waals surface area contributed by atoms with Gasteiger partial charge in [-0.05, 0) is 47.0 Å². The van der Waals surface area contributed by atoms with Crippen LogP contribution in [0.3, 0.4) is 0 Å². The Morgan fingerprint density at radius 1 is 1.37 bits per heavy atom. The second-order valence-corrected chi connectivity index (χ2v) is 7.00. The molecule has 5 nitrogen and oxygen atoms in total. The standard InChI is InChI=1S/C14H27N3O2/c1-13(2)9-11(14(3,4)19-13)17(10-5-6-10)8-7-12(15)16-18/h10-11,18H,5-9H2,1-4H3,(H2,15,16). The minimum atomic E-state index is -0.142. The average Bonchev–Trinajstić information content (AvgIpc) is 3.06. The van der Waals surface area contributed by atoms with Crippen LogP contribution in [0.1, 0.15) is 53.4 Å². The Balaban J connectivity index is 2.07. The van der Waals surface area contributed by atoms with Gasteiger partial charge in [-0.3, -0.25) is 4.90 Å². The number of nitrogens with zero attached hydrogens (tertiary/aromatic N) is 2. The van der Waals surface area contributed by atoms with Gasteiger partial charge in [0.2, 0.25) is 0 Å². The van der Waals surface area contributed by atoms with Gasteiger partial charge in [-0.15, -0.1) is 0 Å². The molecule has 1 heterocycles. The Bertz CT molecular complexity index is 362. The van der Waals surface area contributed by atoms with Crippen molar-refractivity contribution in [3.05, 3.63) is 0 Å². The van der Waals surface area contributed by atoms with Crippen molar-refractivity contribution >= 4 is 5.84 Å². The van der Waals surface area contributed by atoms with E-state index in [4.69, 9.17) is 15.7 Å². The molecule has 1 aliphatic carbocycles. The van der Waals surface area contributed by atoms with Gasteiger partial charge in [0, 0.05) is 25.0 Å². The molecule has 2 fully saturated rings. The molecular formula is C14H27N3O2. The zero-order valence-electron chi connectivity index (χ0n) is 12.5. The monoisotopic (exact) mass is 269 g/mol. The van der Waals surface area contributed by atoms with Gasteiger partial charge in [0.15, 0.2) is 0 Å². The molecule has 110 valence electrons. The Kier molecular flexibility index (Phi) is 3.80. The van der Waals surface area contributed by atoms with Gasteiger partial charge in [0.1, 0.15) is 5.84 Å². The smallest absolute Gasteiger partial charge is 0.140 e. The molecule has 0 bridgehead atoms. The fourth-order valence-corrected chi connectivity index (χ4v) is 3.34. The third-order valence-electron chi connectivity index (χ3n) is 4.20. The first-order valence-corrected chi connectivity index (χ1v) is 7.17. The van der Waals surface area contributed by atoms with Gasteiger partial charge < -0.3 is 15.7 Å². The van der Waals surface area contributed by atoms with E-state index in [-0.39, 0.29) is 11.2 Å². The van der Waals surface area contributed by atoms with Crippen molar-refractivity contribution in [1.82, 2.24) is 4.90 Å². The van der Waals surface area contributed by atoms with Gasteiger partial charge in [0.05, 0.1) is 11.2 Å². The van der Waals surface area contributed by atoms with Gasteiger partial charge in [-0.1, -0.05) is 5.16 Å². The van der Waals surface area contributed by atoms with Crippen LogP contribution in [-0.2, 0) is 4.74 Å². The first-order valence-electron chi connectivity index (χ1n) is 7.17. The highest BCUT2D eigenvalue weighted by Crippen LogP contribution is 2.43. The van der Waals surface area contributed by atoms with Crippen LogP contribution in [0.25, 0.3) is 0 Å². The lowest BCUT2D eigenvalue weighted by Gasteiger charge is -2.36. The fourth-order valence-electron chi connectivity index (χ4n) is 3.34. The van der Waals surface area contributed by atoms with Crippen molar-refractivity contribution in [2.45, 2.75) is 76.7 Å². The van der Waals surface area contributed by atoms with Crippen LogP contribution >= 0.6 is 0 Å². The molecule has 0 aromatic rings. The molecule has 0 radical (unpaired) electrons. The summed E-state index contributed by atoms with van der Waals surface area (Å²) in [5.41, 5.74) is 5.39. The van der Waals surface area contributed by atoms with Gasteiger partial charge in [-0.2, -0.15) is 0 Å². The van der Waals surface area contributed by atoms with E-state index in [1.54, 1.807) is 0 Å². The summed E-state index contributed by atoms with van der Waals surface area (Å²) in [7, 11) is 0. The molecular weight excluding hydrogens is 242 g/mol. The van der Waals surface area contributed by atoms with Crippen molar-refractivity contribution in [3.63, 3.8) is 0 Å². The molecule has 2 rings (SSSR count). The predicted octanol–water partition coefficient (Wildman–Crippen LogP) is 1.93. The first kappa shape index (κ1) is 14.6. The zero-order valence-corrected chi connectivity index (χ0v) is 12.5. The predicted molar refractivity (Wildman–Crippen MR) is 75.4 cm³/mol. The Morgan fingerprint density at radius 2 is 2.00 bits per heavy atom. The van der Waals surface area contributed by atoms with E-state index in [2.05, 4.69) is 37.8 Å². The first-order chi connectivity index (χ1) is 8.75. The van der Waals surface area contributed by atoms with E-state index in [1.165, 1.54) is 12.8 Å². The van der Waals surface area contributed by atoms with Crippen molar-refractivity contribution < 1.29 is 9.94 Å². The second kappa shape index (κ2) is 4.94. The number of hydrogen-bond donors (Lipinski definition) is 2. The van der Waals surface area contributed by atoms with Gasteiger partial charge >= 0.3 is 0 Å². The average molecular weight is 269 g/mol. The summed E-state index contributed by atoms with van der Waals surface area (Å²) in [4.78, 5) is 2.51. The highest BCUT2D eigenvalue weighted by Gasteiger charge is 2.50. The summed E-state index contributed by atoms with van der Waals surface area (Å²) in [5.74, 6) is 0.307. The third-order valence-corrected chi connectivity index (χ3v) is 4.20. The van der Waals surface area contributed by atoms with E-state index in [0.717, 1.165) is 13.0 Å². The molecule has 1 atom stereocenters. The van der Waals surface area contributed by atoms with Crippen LogP contribution in [0.2, 0.25) is 0 Å². The molecule has 1 unspecified atom stereocenters. The van der Waals surface area contributed by atoms with Crippen LogP contribution < -0.4 is 5.73 Å². The minimum Gasteiger partial charge on any atom is -0.409 e. The molecule has 1 saturated carbocycles. The largest absolute Gasteiger partial charge is 0.409 e. The molecule has 1 aliphatic heterocycles.